The van der Waals surface area contributed by atoms with Crippen LogP contribution in [0.3, 0.4) is 0 Å². The largest absolute Gasteiger partial charge is 0.481 e. The Morgan fingerprint density at radius 3 is 1.92 bits per heavy atom. The summed E-state index contributed by atoms with van der Waals surface area (Å²) in [7, 11) is 0. The Bertz CT molecular complexity index is 676. The van der Waals surface area contributed by atoms with Gasteiger partial charge in [-0.2, -0.15) is 0 Å². The predicted molar refractivity (Wildman–Crippen MR) is 84.0 cm³/mol. The zero-order chi connectivity index (χ0) is 20.0. The SMILES string of the molecule is Nc1nc(C(=O)N[C@H](CO)C(=O)O)c(N)nc1C(=O)C[C@H](CO)C(=O)O. The molecule has 26 heavy (non-hydrogen) atoms. The first-order chi connectivity index (χ1) is 12.1. The molecule has 142 valence electrons. The van der Waals surface area contributed by atoms with Crippen molar-refractivity contribution in [2.24, 2.45) is 5.92 Å². The quantitative estimate of drug-likeness (QED) is 0.216. The number of aliphatic carboxylic acids is 2. The Morgan fingerprint density at radius 1 is 0.923 bits per heavy atom. The van der Waals surface area contributed by atoms with Crippen molar-refractivity contribution in [3.8, 4) is 0 Å². The molecule has 13 heteroatoms. The standard InChI is InChI=1S/C13H17N5O8/c14-9-7(6(21)1-4(2-19)12(23)24)17-10(15)8(18-9)11(22)16-5(3-20)13(25)26/h4-5,19-20H,1-3H2,(H2,14,18)(H2,15,17)(H,16,22)(H,23,24)(H,25,26)/t4-,5-/m1/s1. The van der Waals surface area contributed by atoms with Crippen LogP contribution in [0.2, 0.25) is 0 Å². The number of hydrogen-bond donors (Lipinski definition) is 7. The molecule has 1 amide bonds. The Labute approximate surface area is 145 Å². The number of aromatic nitrogens is 2. The first-order valence-corrected chi connectivity index (χ1v) is 7.06. The monoisotopic (exact) mass is 371 g/mol. The number of carbonyl (C=O) groups excluding carboxylic acids is 2. The van der Waals surface area contributed by atoms with E-state index in [0.29, 0.717) is 0 Å². The van der Waals surface area contributed by atoms with Gasteiger partial charge in [-0.05, 0) is 0 Å². The van der Waals surface area contributed by atoms with E-state index in [1.807, 2.05) is 5.32 Å². The second kappa shape index (κ2) is 8.68. The lowest BCUT2D eigenvalue weighted by molar-refractivity contribution is -0.143. The number of amides is 1. The van der Waals surface area contributed by atoms with E-state index in [9.17, 15) is 19.2 Å². The number of carbonyl (C=O) groups is 4. The number of nitrogens with two attached hydrogens (primary N) is 2. The van der Waals surface area contributed by atoms with Crippen molar-refractivity contribution in [2.45, 2.75) is 12.5 Å². The summed E-state index contributed by atoms with van der Waals surface area (Å²) in [6.45, 7) is -1.68. The Hall–Kier alpha value is -3.32. The maximum Gasteiger partial charge on any atom is 0.328 e. The summed E-state index contributed by atoms with van der Waals surface area (Å²) in [4.78, 5) is 52.9. The smallest absolute Gasteiger partial charge is 0.328 e. The van der Waals surface area contributed by atoms with Gasteiger partial charge in [0.2, 0.25) is 0 Å². The molecule has 0 unspecified atom stereocenters. The van der Waals surface area contributed by atoms with Gasteiger partial charge in [0.15, 0.2) is 34.8 Å². The molecule has 0 aliphatic carbocycles. The van der Waals surface area contributed by atoms with Gasteiger partial charge in [0.25, 0.3) is 5.91 Å². The van der Waals surface area contributed by atoms with Crippen molar-refractivity contribution in [2.75, 3.05) is 24.7 Å². The van der Waals surface area contributed by atoms with Crippen molar-refractivity contribution in [3.63, 3.8) is 0 Å². The fraction of sp³-hybridized carbons (Fsp3) is 0.385. The highest BCUT2D eigenvalue weighted by atomic mass is 16.4. The van der Waals surface area contributed by atoms with Crippen LogP contribution in [0.1, 0.15) is 27.4 Å². The van der Waals surface area contributed by atoms with E-state index in [4.69, 9.17) is 31.9 Å². The number of anilines is 2. The van der Waals surface area contributed by atoms with Crippen molar-refractivity contribution in [3.05, 3.63) is 11.4 Å². The van der Waals surface area contributed by atoms with Gasteiger partial charge in [-0.1, -0.05) is 0 Å². The normalized spacial score (nSPS) is 12.8. The maximum atomic E-state index is 12.1. The molecule has 0 spiro atoms. The van der Waals surface area contributed by atoms with Crippen LogP contribution < -0.4 is 16.8 Å². The van der Waals surface area contributed by atoms with E-state index in [0.717, 1.165) is 0 Å². The number of nitrogens with one attached hydrogen (secondary N) is 1. The van der Waals surface area contributed by atoms with E-state index in [1.54, 1.807) is 0 Å². The molecule has 0 aliphatic heterocycles. The lowest BCUT2D eigenvalue weighted by atomic mass is 10.0. The van der Waals surface area contributed by atoms with Crippen molar-refractivity contribution in [1.29, 1.82) is 0 Å². The minimum atomic E-state index is -1.62. The molecular weight excluding hydrogens is 354 g/mol. The number of rotatable bonds is 9. The van der Waals surface area contributed by atoms with Crippen LogP contribution in [0.5, 0.6) is 0 Å². The van der Waals surface area contributed by atoms with Crippen LogP contribution in [0.4, 0.5) is 11.6 Å². The number of nitrogens with zero attached hydrogens (tertiary/aromatic N) is 2. The first-order valence-electron chi connectivity index (χ1n) is 7.06. The third kappa shape index (κ3) is 4.84. The number of aliphatic hydroxyl groups is 2. The van der Waals surface area contributed by atoms with Gasteiger partial charge in [0, 0.05) is 6.42 Å². The lowest BCUT2D eigenvalue weighted by Gasteiger charge is -2.13. The molecule has 0 aliphatic rings. The number of Topliss-reactive ketones (excluding diaryl/α,β-unsaturated/α-hetero) is 1. The van der Waals surface area contributed by atoms with Gasteiger partial charge < -0.3 is 37.2 Å². The molecule has 0 saturated carbocycles. The van der Waals surface area contributed by atoms with Crippen LogP contribution in [-0.2, 0) is 9.59 Å². The van der Waals surface area contributed by atoms with Crippen molar-refractivity contribution in [1.82, 2.24) is 15.3 Å². The minimum absolute atomic E-state index is 0.490. The number of aliphatic hydroxyl groups excluding tert-OH is 2. The number of nitrogen functional groups attached to an aromatic ring is 2. The van der Waals surface area contributed by atoms with E-state index >= 15 is 0 Å². The highest BCUT2D eigenvalue weighted by molar-refractivity contribution is 6.03. The third-order valence-corrected chi connectivity index (χ3v) is 3.22. The Kier molecular flexibility index (Phi) is 6.92. The molecule has 1 rings (SSSR count). The van der Waals surface area contributed by atoms with Crippen LogP contribution in [0, 0.1) is 5.92 Å². The summed E-state index contributed by atoms with van der Waals surface area (Å²) in [5, 5.41) is 37.4. The van der Waals surface area contributed by atoms with Gasteiger partial charge in [-0.25, -0.2) is 14.8 Å². The average Bonchev–Trinajstić information content (AvgIpc) is 2.57. The van der Waals surface area contributed by atoms with Crippen LogP contribution in [-0.4, -0.2) is 73.3 Å². The van der Waals surface area contributed by atoms with E-state index in [1.165, 1.54) is 0 Å². The van der Waals surface area contributed by atoms with Crippen molar-refractivity contribution < 1.29 is 39.6 Å². The average molecular weight is 371 g/mol. The summed E-state index contributed by atoms with van der Waals surface area (Å²) in [6, 6.07) is -1.62. The highest BCUT2D eigenvalue weighted by Gasteiger charge is 2.27. The lowest BCUT2D eigenvalue weighted by Crippen LogP contribution is -2.44. The number of carboxylic acid groups (broad SMARTS) is 2. The van der Waals surface area contributed by atoms with E-state index in [2.05, 4.69) is 9.97 Å². The second-order valence-electron chi connectivity index (χ2n) is 5.08. The molecule has 1 aromatic rings. The molecule has 2 atom stereocenters. The summed E-state index contributed by atoms with van der Waals surface area (Å²) in [6.07, 6.45) is -0.624. The van der Waals surface area contributed by atoms with Crippen molar-refractivity contribution >= 4 is 35.3 Å². The molecule has 9 N–H and O–H groups in total. The zero-order valence-corrected chi connectivity index (χ0v) is 13.2. The number of hydrogen-bond acceptors (Lipinski definition) is 10. The van der Waals surface area contributed by atoms with Crippen LogP contribution in [0.15, 0.2) is 0 Å². The topological polar surface area (TPSA) is 239 Å². The maximum absolute atomic E-state index is 12.1. The third-order valence-electron chi connectivity index (χ3n) is 3.22. The fourth-order valence-electron chi connectivity index (χ4n) is 1.80. The summed E-state index contributed by atoms with van der Waals surface area (Å²) in [5.41, 5.74) is 10.0. The molecule has 1 heterocycles. The van der Waals surface area contributed by atoms with Gasteiger partial charge >= 0.3 is 11.9 Å². The molecule has 13 nitrogen and oxygen atoms in total. The molecule has 0 aromatic carbocycles. The Balaban J connectivity index is 3.07. The van der Waals surface area contributed by atoms with Crippen LogP contribution in [0.25, 0.3) is 0 Å². The molecule has 0 radical (unpaired) electrons. The van der Waals surface area contributed by atoms with E-state index in [-0.39, 0.29) is 0 Å². The van der Waals surface area contributed by atoms with E-state index < -0.39 is 78.2 Å². The van der Waals surface area contributed by atoms with Gasteiger partial charge in [0.05, 0.1) is 19.1 Å². The molecular formula is C13H17N5O8. The van der Waals surface area contributed by atoms with Gasteiger partial charge in [0.1, 0.15) is 0 Å². The summed E-state index contributed by atoms with van der Waals surface area (Å²) in [5.74, 6) is -7.34. The predicted octanol–water partition coefficient (Wildman–Crippen LogP) is -2.92. The highest BCUT2D eigenvalue weighted by Crippen LogP contribution is 2.17. The minimum Gasteiger partial charge on any atom is -0.481 e. The van der Waals surface area contributed by atoms with Crippen LogP contribution >= 0.6 is 0 Å². The zero-order valence-electron chi connectivity index (χ0n) is 13.2. The molecule has 0 fully saturated rings. The number of carboxylic acids is 2. The fourth-order valence-corrected chi connectivity index (χ4v) is 1.80. The Morgan fingerprint density at radius 2 is 1.46 bits per heavy atom. The number of ketones is 1. The van der Waals surface area contributed by atoms with Gasteiger partial charge in [-0.15, -0.1) is 0 Å². The molecule has 0 saturated heterocycles. The molecule has 1 aromatic heterocycles. The molecule has 0 bridgehead atoms. The summed E-state index contributed by atoms with van der Waals surface area (Å²) >= 11 is 0. The summed E-state index contributed by atoms with van der Waals surface area (Å²) < 4.78 is 0. The second-order valence-corrected chi connectivity index (χ2v) is 5.08. The first kappa shape index (κ1) is 20.7. The van der Waals surface area contributed by atoms with Gasteiger partial charge in [-0.3, -0.25) is 14.4 Å².